The first kappa shape index (κ1) is 32.4. The van der Waals surface area contributed by atoms with E-state index in [1.165, 1.54) is 0 Å². The van der Waals surface area contributed by atoms with Crippen molar-refractivity contribution in [1.29, 1.82) is 0 Å². The van der Waals surface area contributed by atoms with E-state index in [0.29, 0.717) is 38.9 Å². The van der Waals surface area contributed by atoms with Gasteiger partial charge >= 0.3 is 0 Å². The number of Topliss-reactive ketones (excluding diaryl/α,β-unsaturated/α-hetero) is 4. The third-order valence-corrected chi connectivity index (χ3v) is 11.5. The SMILES string of the molecule is C#Cc1cc(C)c(C2C(=O)C3CC(C2=O)C(C2COCCC2CC2CC(=O)C(c4c(C)cc(C#CCl)cc4C)C(=O)C2)C3)c(C)c1. The molecule has 4 aliphatic rings. The van der Waals surface area contributed by atoms with Crippen molar-refractivity contribution in [3.63, 3.8) is 0 Å². The van der Waals surface area contributed by atoms with Crippen molar-refractivity contribution in [2.75, 3.05) is 13.2 Å². The first-order valence-corrected chi connectivity index (χ1v) is 16.9. The van der Waals surface area contributed by atoms with Crippen molar-refractivity contribution in [3.8, 4) is 23.6 Å². The lowest BCUT2D eigenvalue weighted by Crippen LogP contribution is -2.41. The van der Waals surface area contributed by atoms with Crippen LogP contribution >= 0.6 is 11.6 Å². The Kier molecular flexibility index (Phi) is 9.13. The van der Waals surface area contributed by atoms with Crippen LogP contribution in [-0.2, 0) is 23.9 Å². The quantitative estimate of drug-likeness (QED) is 0.270. The van der Waals surface area contributed by atoms with E-state index in [2.05, 4.69) is 17.2 Å². The Morgan fingerprint density at radius 2 is 1.39 bits per heavy atom. The molecule has 6 unspecified atom stereocenters. The summed E-state index contributed by atoms with van der Waals surface area (Å²) in [6.45, 7) is 8.90. The molecule has 1 heterocycles. The van der Waals surface area contributed by atoms with E-state index in [-0.39, 0.29) is 58.6 Å². The van der Waals surface area contributed by atoms with Crippen LogP contribution in [-0.4, -0.2) is 36.3 Å². The normalized spacial score (nSPS) is 31.0. The number of benzene rings is 2. The van der Waals surface area contributed by atoms with Gasteiger partial charge in [-0.1, -0.05) is 5.92 Å². The number of hydrogen-bond acceptors (Lipinski definition) is 5. The number of fused-ring (bicyclic) bond motifs is 2. The third-order valence-electron chi connectivity index (χ3n) is 11.4. The molecule has 1 aliphatic heterocycles. The van der Waals surface area contributed by atoms with Crippen LogP contribution in [0.25, 0.3) is 0 Å². The highest BCUT2D eigenvalue weighted by Crippen LogP contribution is 2.53. The van der Waals surface area contributed by atoms with Gasteiger partial charge in [0.15, 0.2) is 11.6 Å². The highest BCUT2D eigenvalue weighted by Gasteiger charge is 2.55. The summed E-state index contributed by atoms with van der Waals surface area (Å²) in [5.74, 6) is 4.13. The van der Waals surface area contributed by atoms with Gasteiger partial charge in [-0.3, -0.25) is 19.2 Å². The molecule has 238 valence electrons. The monoisotopic (exact) mass is 636 g/mol. The molecule has 4 fully saturated rings. The van der Waals surface area contributed by atoms with E-state index in [1.54, 1.807) is 0 Å². The van der Waals surface area contributed by atoms with E-state index >= 15 is 0 Å². The summed E-state index contributed by atoms with van der Waals surface area (Å²) in [5, 5.41) is 2.40. The molecule has 0 N–H and O–H groups in total. The fraction of sp³-hybridized carbons (Fsp3) is 0.500. The summed E-state index contributed by atoms with van der Waals surface area (Å²) in [5.41, 5.74) is 6.69. The maximum atomic E-state index is 14.2. The molecular formula is C40H41ClO5. The average Bonchev–Trinajstić information content (AvgIpc) is 3.41. The zero-order valence-corrected chi connectivity index (χ0v) is 27.8. The molecule has 6 heteroatoms. The van der Waals surface area contributed by atoms with Crippen molar-refractivity contribution < 1.29 is 23.9 Å². The molecule has 0 radical (unpaired) electrons. The van der Waals surface area contributed by atoms with E-state index in [9.17, 15) is 19.2 Å². The minimum Gasteiger partial charge on any atom is -0.381 e. The molecule has 5 nitrogen and oxygen atoms in total. The Morgan fingerprint density at radius 3 is 1.98 bits per heavy atom. The lowest BCUT2D eigenvalue weighted by Gasteiger charge is -2.40. The second-order valence-corrected chi connectivity index (χ2v) is 14.4. The molecule has 0 aromatic heterocycles. The highest BCUT2D eigenvalue weighted by molar-refractivity contribution is 6.30. The number of terminal acetylenes is 1. The predicted molar refractivity (Wildman–Crippen MR) is 177 cm³/mol. The molecule has 0 amide bonds. The molecule has 3 saturated carbocycles. The van der Waals surface area contributed by atoms with Crippen LogP contribution in [0.2, 0.25) is 0 Å². The first-order chi connectivity index (χ1) is 22.0. The van der Waals surface area contributed by atoms with Gasteiger partial charge in [-0.25, -0.2) is 0 Å². The Bertz CT molecular complexity index is 1670. The van der Waals surface area contributed by atoms with Crippen LogP contribution in [0.3, 0.4) is 0 Å². The zero-order valence-electron chi connectivity index (χ0n) is 27.1. The Labute approximate surface area is 277 Å². The summed E-state index contributed by atoms with van der Waals surface area (Å²) >= 11 is 5.60. The molecular weight excluding hydrogens is 596 g/mol. The van der Waals surface area contributed by atoms with Gasteiger partial charge in [0.05, 0.1) is 0 Å². The maximum absolute atomic E-state index is 14.2. The van der Waals surface area contributed by atoms with Crippen molar-refractivity contribution in [1.82, 2.24) is 0 Å². The number of aryl methyl sites for hydroxylation is 4. The number of ketones is 4. The van der Waals surface area contributed by atoms with E-state index < -0.39 is 11.8 Å². The molecule has 1 saturated heterocycles. The largest absolute Gasteiger partial charge is 0.381 e. The average molecular weight is 637 g/mol. The van der Waals surface area contributed by atoms with Crippen LogP contribution < -0.4 is 0 Å². The molecule has 0 spiro atoms. The van der Waals surface area contributed by atoms with Gasteiger partial charge < -0.3 is 4.74 Å². The lowest BCUT2D eigenvalue weighted by molar-refractivity contribution is -0.137. The van der Waals surface area contributed by atoms with Crippen LogP contribution in [0.5, 0.6) is 0 Å². The summed E-state index contributed by atoms with van der Waals surface area (Å²) in [7, 11) is 0. The van der Waals surface area contributed by atoms with Gasteiger partial charge in [0, 0.05) is 54.4 Å². The Hall–Kier alpha value is -3.51. The van der Waals surface area contributed by atoms with Crippen molar-refractivity contribution in [2.24, 2.45) is 35.5 Å². The van der Waals surface area contributed by atoms with Gasteiger partial charge in [0.25, 0.3) is 0 Å². The van der Waals surface area contributed by atoms with Gasteiger partial charge in [0.1, 0.15) is 23.4 Å². The Balaban J connectivity index is 1.19. The van der Waals surface area contributed by atoms with Crippen LogP contribution in [0.4, 0.5) is 0 Å². The molecule has 46 heavy (non-hydrogen) atoms. The number of carbonyl (C=O) groups excluding carboxylic acids is 4. The molecule has 2 aromatic carbocycles. The number of rotatable bonds is 5. The van der Waals surface area contributed by atoms with Gasteiger partial charge in [-0.15, -0.1) is 6.42 Å². The summed E-state index contributed by atoms with van der Waals surface area (Å²) in [4.78, 5) is 55.2. The number of hydrogen-bond donors (Lipinski definition) is 0. The number of halogens is 1. The zero-order chi connectivity index (χ0) is 32.9. The van der Waals surface area contributed by atoms with Crippen molar-refractivity contribution in [3.05, 3.63) is 68.8 Å². The fourth-order valence-corrected chi connectivity index (χ4v) is 9.70. The Morgan fingerprint density at radius 1 is 0.804 bits per heavy atom. The molecule has 6 rings (SSSR count). The van der Waals surface area contributed by atoms with Crippen molar-refractivity contribution in [2.45, 2.75) is 78.1 Å². The summed E-state index contributed by atoms with van der Waals surface area (Å²) < 4.78 is 6.00. The second kappa shape index (κ2) is 12.9. The van der Waals surface area contributed by atoms with E-state index in [0.717, 1.165) is 57.3 Å². The minimum atomic E-state index is -0.740. The van der Waals surface area contributed by atoms with Gasteiger partial charge in [-0.2, -0.15) is 0 Å². The molecule has 2 aromatic rings. The lowest BCUT2D eigenvalue weighted by atomic mass is 9.66. The summed E-state index contributed by atoms with van der Waals surface area (Å²) in [6.07, 6.45) is 9.27. The van der Waals surface area contributed by atoms with Crippen LogP contribution in [0.15, 0.2) is 24.3 Å². The minimum absolute atomic E-state index is 0.0193. The number of ether oxygens (including phenoxy) is 1. The highest BCUT2D eigenvalue weighted by atomic mass is 35.5. The summed E-state index contributed by atoms with van der Waals surface area (Å²) in [6, 6.07) is 7.57. The molecule has 3 aliphatic carbocycles. The third kappa shape index (κ3) is 5.78. The van der Waals surface area contributed by atoms with E-state index in [1.807, 2.05) is 52.0 Å². The van der Waals surface area contributed by atoms with Crippen LogP contribution in [0, 0.1) is 86.8 Å². The van der Waals surface area contributed by atoms with Crippen molar-refractivity contribution >= 4 is 34.7 Å². The van der Waals surface area contributed by atoms with Gasteiger partial charge in [-0.05, 0) is 152 Å². The topological polar surface area (TPSA) is 77.5 Å². The smallest absolute Gasteiger partial charge is 0.151 e. The predicted octanol–water partition coefficient (Wildman–Crippen LogP) is 6.70. The first-order valence-electron chi connectivity index (χ1n) is 16.5. The molecule has 2 bridgehead atoms. The maximum Gasteiger partial charge on any atom is 0.151 e. The number of carbonyl (C=O) groups is 4. The van der Waals surface area contributed by atoms with Crippen LogP contribution in [0.1, 0.15) is 94.9 Å². The fourth-order valence-electron chi connectivity index (χ4n) is 9.59. The van der Waals surface area contributed by atoms with Gasteiger partial charge in [0.2, 0.25) is 0 Å². The standard InChI is InChI=1S/C40H41ClO5/c1-6-25-11-21(2)36(22(3)12-25)38-39(44)29-18-30(31(19-29)40(38)45)32-20-46-10-8-28(32)15-27-16-33(42)37(34(43)17-27)35-23(4)13-26(7-9-41)14-24(35)5/h1,11-14,27-32,37-38H,8,10,15-20H2,2-5H3. The second-order valence-electron chi connectivity index (χ2n) is 14.3. The van der Waals surface area contributed by atoms with E-state index in [4.69, 9.17) is 22.8 Å². The molecule has 6 atom stereocenters.